The average Bonchev–Trinajstić information content (AvgIpc) is 2.87. The standard InChI is InChI=1S/C28H50NO9P/c1-5-6-16-19-26(38-32)20-17-14-12-10-8-7-9-11-13-15-18-21-28(31)37-27(24-30)25-36-39(33,34)35-23-22-29(2,3)4/h7-8,11-14,17,20,26-27,30H,5-6,9-10,15-16,18-19,21-25H2,1-4H3,(H-,32,33,34)/b8-7-,13-11-,14-12-,20-17+/t26-,27?/m1/s1. The second kappa shape index (κ2) is 23.1. The Kier molecular flexibility index (Phi) is 22.2. The van der Waals surface area contributed by atoms with Crippen molar-refractivity contribution in [2.45, 2.75) is 76.9 Å². The van der Waals surface area contributed by atoms with E-state index < -0.39 is 33.1 Å². The molecule has 0 amide bonds. The number of quaternary nitrogens is 1. The Morgan fingerprint density at radius 1 is 1.00 bits per heavy atom. The summed E-state index contributed by atoms with van der Waals surface area (Å²) in [6, 6.07) is 0. The van der Waals surface area contributed by atoms with Crippen LogP contribution in [0.5, 0.6) is 0 Å². The minimum atomic E-state index is -4.54. The largest absolute Gasteiger partial charge is 0.756 e. The van der Waals surface area contributed by atoms with Crippen LogP contribution in [-0.2, 0) is 28.0 Å². The molecule has 11 heteroatoms. The van der Waals surface area contributed by atoms with Crippen LogP contribution >= 0.6 is 7.82 Å². The summed E-state index contributed by atoms with van der Waals surface area (Å²) < 4.78 is 27.0. The summed E-state index contributed by atoms with van der Waals surface area (Å²) in [5.74, 6) is -0.531. The number of aliphatic hydroxyl groups excluding tert-OH is 1. The second-order valence-corrected chi connectivity index (χ2v) is 11.6. The summed E-state index contributed by atoms with van der Waals surface area (Å²) in [6.45, 7) is 1.52. The summed E-state index contributed by atoms with van der Waals surface area (Å²) in [4.78, 5) is 28.3. The Bertz CT molecular complexity index is 790. The van der Waals surface area contributed by atoms with Crippen molar-refractivity contribution < 1.29 is 47.8 Å². The Morgan fingerprint density at radius 3 is 2.33 bits per heavy atom. The van der Waals surface area contributed by atoms with Crippen molar-refractivity contribution in [3.8, 4) is 0 Å². The van der Waals surface area contributed by atoms with Gasteiger partial charge < -0.3 is 28.3 Å². The molecular weight excluding hydrogens is 525 g/mol. The summed E-state index contributed by atoms with van der Waals surface area (Å²) in [5, 5.41) is 18.3. The van der Waals surface area contributed by atoms with Gasteiger partial charge in [0.25, 0.3) is 7.82 Å². The lowest BCUT2D eigenvalue weighted by Crippen LogP contribution is -2.37. The highest BCUT2D eigenvalue weighted by Gasteiger charge is 2.19. The van der Waals surface area contributed by atoms with Crippen LogP contribution in [0.2, 0.25) is 0 Å². The van der Waals surface area contributed by atoms with Crippen LogP contribution in [0.15, 0.2) is 48.6 Å². The van der Waals surface area contributed by atoms with Crippen molar-refractivity contribution in [2.24, 2.45) is 0 Å². The van der Waals surface area contributed by atoms with Gasteiger partial charge in [0.05, 0.1) is 34.4 Å². The van der Waals surface area contributed by atoms with Gasteiger partial charge in [0.15, 0.2) is 0 Å². The van der Waals surface area contributed by atoms with Gasteiger partial charge in [-0.25, -0.2) is 4.89 Å². The molecule has 2 N–H and O–H groups in total. The molecule has 0 heterocycles. The monoisotopic (exact) mass is 575 g/mol. The molecule has 0 saturated heterocycles. The van der Waals surface area contributed by atoms with E-state index in [1.807, 2.05) is 57.6 Å². The lowest BCUT2D eigenvalue weighted by molar-refractivity contribution is -0.870. The fraction of sp³-hybridized carbons (Fsp3) is 0.679. The molecule has 0 aromatic rings. The van der Waals surface area contributed by atoms with Crippen molar-refractivity contribution in [2.75, 3.05) is 47.5 Å². The van der Waals surface area contributed by atoms with E-state index in [9.17, 15) is 19.4 Å². The molecule has 3 atom stereocenters. The van der Waals surface area contributed by atoms with E-state index in [1.54, 1.807) is 0 Å². The number of esters is 1. The predicted molar refractivity (Wildman–Crippen MR) is 151 cm³/mol. The first kappa shape index (κ1) is 37.4. The van der Waals surface area contributed by atoms with Crippen LogP contribution in [0.4, 0.5) is 0 Å². The summed E-state index contributed by atoms with van der Waals surface area (Å²) in [6.07, 6.45) is 21.5. The van der Waals surface area contributed by atoms with Crippen LogP contribution in [0, 0.1) is 0 Å². The van der Waals surface area contributed by atoms with Crippen LogP contribution in [0.3, 0.4) is 0 Å². The van der Waals surface area contributed by atoms with Gasteiger partial charge in [-0.15, -0.1) is 0 Å². The zero-order valence-corrected chi connectivity index (χ0v) is 25.0. The zero-order chi connectivity index (χ0) is 29.4. The molecule has 0 spiro atoms. The minimum absolute atomic E-state index is 0.0339. The zero-order valence-electron chi connectivity index (χ0n) is 24.1. The predicted octanol–water partition coefficient (Wildman–Crippen LogP) is 4.71. The number of allylic oxidation sites excluding steroid dienone is 7. The number of aliphatic hydroxyl groups is 1. The van der Waals surface area contributed by atoms with E-state index in [2.05, 4.69) is 24.0 Å². The molecule has 0 bridgehead atoms. The van der Waals surface area contributed by atoms with E-state index in [0.717, 1.165) is 38.5 Å². The Labute approximate surface area is 234 Å². The van der Waals surface area contributed by atoms with Crippen LogP contribution < -0.4 is 4.89 Å². The number of hydrogen-bond acceptors (Lipinski definition) is 9. The number of carbonyl (C=O) groups is 1. The number of likely N-dealkylation sites (N-methyl/N-ethyl adjacent to an activating group) is 1. The quantitative estimate of drug-likeness (QED) is 0.0245. The molecule has 0 aromatic carbocycles. The van der Waals surface area contributed by atoms with E-state index in [0.29, 0.717) is 23.9 Å². The fourth-order valence-corrected chi connectivity index (χ4v) is 3.79. The number of ether oxygens (including phenoxy) is 1. The Morgan fingerprint density at radius 2 is 1.69 bits per heavy atom. The third-order valence-corrected chi connectivity index (χ3v) is 6.33. The third-order valence-electron chi connectivity index (χ3n) is 5.36. The lowest BCUT2D eigenvalue weighted by atomic mass is 10.1. The molecule has 0 saturated carbocycles. The number of hydrogen-bond donors (Lipinski definition) is 2. The first-order valence-corrected chi connectivity index (χ1v) is 15.1. The van der Waals surface area contributed by atoms with E-state index in [-0.39, 0.29) is 19.1 Å². The topological polar surface area (TPSA) is 135 Å². The van der Waals surface area contributed by atoms with Gasteiger partial charge in [-0.05, 0) is 32.1 Å². The molecule has 0 aromatic heterocycles. The highest BCUT2D eigenvalue weighted by Crippen LogP contribution is 2.38. The van der Waals surface area contributed by atoms with Crippen molar-refractivity contribution >= 4 is 13.8 Å². The van der Waals surface area contributed by atoms with Gasteiger partial charge in [-0.1, -0.05) is 74.8 Å². The number of phosphoric acid groups is 1. The lowest BCUT2D eigenvalue weighted by Gasteiger charge is -2.28. The van der Waals surface area contributed by atoms with Crippen molar-refractivity contribution in [1.29, 1.82) is 0 Å². The second-order valence-electron chi connectivity index (χ2n) is 10.1. The van der Waals surface area contributed by atoms with Crippen LogP contribution in [0.1, 0.15) is 64.7 Å². The number of phosphoric ester groups is 1. The van der Waals surface area contributed by atoms with Gasteiger partial charge in [-0.2, -0.15) is 0 Å². The Hall–Kier alpha value is -1.62. The first-order chi connectivity index (χ1) is 18.5. The molecule has 226 valence electrons. The number of rotatable bonds is 24. The van der Waals surface area contributed by atoms with Crippen LogP contribution in [0.25, 0.3) is 0 Å². The minimum Gasteiger partial charge on any atom is -0.756 e. The SMILES string of the molecule is CCCCC[C@H](/C=C/C=C\C/C=C\C/C=C\CCCC(=O)OC(CO)COP(=O)([O-])OCC[N+](C)(C)C)OO. The van der Waals surface area contributed by atoms with E-state index >= 15 is 0 Å². The molecule has 0 radical (unpaired) electrons. The Balaban J connectivity index is 4.02. The van der Waals surface area contributed by atoms with Crippen molar-refractivity contribution in [3.63, 3.8) is 0 Å². The molecule has 39 heavy (non-hydrogen) atoms. The maximum absolute atomic E-state index is 12.0. The maximum Gasteiger partial charge on any atom is 0.306 e. The smallest absolute Gasteiger partial charge is 0.306 e. The molecular formula is C28H50NO9P. The van der Waals surface area contributed by atoms with E-state index in [1.165, 1.54) is 0 Å². The molecule has 10 nitrogen and oxygen atoms in total. The average molecular weight is 576 g/mol. The summed E-state index contributed by atoms with van der Waals surface area (Å²) in [7, 11) is 1.15. The van der Waals surface area contributed by atoms with Gasteiger partial charge in [-0.3, -0.25) is 14.6 Å². The third kappa shape index (κ3) is 25.1. The highest BCUT2D eigenvalue weighted by molar-refractivity contribution is 7.45. The van der Waals surface area contributed by atoms with Crippen molar-refractivity contribution in [3.05, 3.63) is 48.6 Å². The number of unbranched alkanes of at least 4 members (excludes halogenated alkanes) is 3. The van der Waals surface area contributed by atoms with Gasteiger partial charge in [0, 0.05) is 6.42 Å². The van der Waals surface area contributed by atoms with E-state index in [4.69, 9.17) is 19.0 Å². The summed E-state index contributed by atoms with van der Waals surface area (Å²) >= 11 is 0. The maximum atomic E-state index is 12.0. The normalized spacial score (nSPS) is 16.0. The molecule has 0 aliphatic carbocycles. The van der Waals surface area contributed by atoms with Crippen LogP contribution in [-0.4, -0.2) is 80.5 Å². The number of nitrogens with zero attached hydrogens (tertiary/aromatic N) is 1. The van der Waals surface area contributed by atoms with Crippen molar-refractivity contribution in [1.82, 2.24) is 0 Å². The van der Waals surface area contributed by atoms with Gasteiger partial charge in [0.2, 0.25) is 0 Å². The molecule has 0 aliphatic heterocycles. The molecule has 0 rings (SSSR count). The highest BCUT2D eigenvalue weighted by atomic mass is 31.2. The fourth-order valence-electron chi connectivity index (χ4n) is 3.06. The number of carbonyl (C=O) groups excluding carboxylic acids is 1. The first-order valence-electron chi connectivity index (χ1n) is 13.7. The summed E-state index contributed by atoms with van der Waals surface area (Å²) in [5.41, 5.74) is 0. The molecule has 0 aliphatic rings. The molecule has 2 unspecified atom stereocenters. The van der Waals surface area contributed by atoms with Gasteiger partial charge >= 0.3 is 5.97 Å². The van der Waals surface area contributed by atoms with Gasteiger partial charge in [0.1, 0.15) is 25.4 Å². The molecule has 0 fully saturated rings.